The Labute approximate surface area is 126 Å². The molecule has 1 aliphatic rings. The second-order valence-electron chi connectivity index (χ2n) is 5.15. The minimum absolute atomic E-state index is 0.142. The van der Waals surface area contributed by atoms with Gasteiger partial charge in [-0.2, -0.15) is 0 Å². The molecule has 2 heterocycles. The van der Waals surface area contributed by atoms with Crippen molar-refractivity contribution < 1.29 is 14.7 Å². The zero-order chi connectivity index (χ0) is 15.0. The molecule has 1 N–H and O–H groups in total. The first-order valence-corrected chi connectivity index (χ1v) is 7.88. The molecule has 1 unspecified atom stereocenters. The van der Waals surface area contributed by atoms with E-state index >= 15 is 0 Å². The number of carbonyl (C=O) groups excluding carboxylic acids is 1. The van der Waals surface area contributed by atoms with Crippen molar-refractivity contribution >= 4 is 34.5 Å². The highest BCUT2D eigenvalue weighted by Gasteiger charge is 2.34. The number of carboxylic acids is 1. The predicted octanol–water partition coefficient (Wildman–Crippen LogP) is 1.94. The molecule has 0 spiro atoms. The molecule has 1 aliphatic heterocycles. The van der Waals surface area contributed by atoms with E-state index in [9.17, 15) is 14.7 Å². The van der Waals surface area contributed by atoms with Crippen LogP contribution >= 0.6 is 11.8 Å². The Morgan fingerprint density at radius 1 is 1.38 bits per heavy atom. The van der Waals surface area contributed by atoms with E-state index in [1.165, 1.54) is 16.7 Å². The SMILES string of the molecule is Cc1cc2ccccc2n1CC(=O)N1CSCC1C(=O)O. The number of nitrogens with zero attached hydrogens (tertiary/aromatic N) is 2. The fourth-order valence-electron chi connectivity index (χ4n) is 2.68. The minimum Gasteiger partial charge on any atom is -0.480 e. The molecule has 6 heteroatoms. The number of carbonyl (C=O) groups is 2. The van der Waals surface area contributed by atoms with Crippen LogP contribution in [0.3, 0.4) is 0 Å². The van der Waals surface area contributed by atoms with Gasteiger partial charge < -0.3 is 14.6 Å². The molecule has 3 rings (SSSR count). The van der Waals surface area contributed by atoms with E-state index in [1.54, 1.807) is 0 Å². The number of amides is 1. The fourth-order valence-corrected chi connectivity index (χ4v) is 3.85. The minimum atomic E-state index is -0.928. The molecule has 1 aromatic carbocycles. The quantitative estimate of drug-likeness (QED) is 0.941. The molecule has 1 aromatic heterocycles. The standard InChI is InChI=1S/C15H16N2O3S/c1-10-6-11-4-2-3-5-12(11)16(10)7-14(18)17-9-21-8-13(17)15(19)20/h2-6,13H,7-9H2,1H3,(H,19,20). The van der Waals surface area contributed by atoms with Crippen molar-refractivity contribution in [1.29, 1.82) is 0 Å². The second kappa shape index (κ2) is 5.44. The van der Waals surface area contributed by atoms with E-state index in [-0.39, 0.29) is 12.5 Å². The summed E-state index contributed by atoms with van der Waals surface area (Å²) in [7, 11) is 0. The molecule has 1 saturated heterocycles. The van der Waals surface area contributed by atoms with Crippen molar-refractivity contribution in [3.63, 3.8) is 0 Å². The van der Waals surface area contributed by atoms with Crippen molar-refractivity contribution in [3.8, 4) is 0 Å². The number of hydrogen-bond acceptors (Lipinski definition) is 3. The van der Waals surface area contributed by atoms with Gasteiger partial charge >= 0.3 is 5.97 Å². The van der Waals surface area contributed by atoms with Crippen LogP contribution in [0.2, 0.25) is 0 Å². The first kappa shape index (κ1) is 14.0. The monoisotopic (exact) mass is 304 g/mol. The summed E-state index contributed by atoms with van der Waals surface area (Å²) in [6.45, 7) is 2.14. The molecular weight excluding hydrogens is 288 g/mol. The summed E-state index contributed by atoms with van der Waals surface area (Å²) in [5.41, 5.74) is 2.00. The largest absolute Gasteiger partial charge is 0.480 e. The van der Waals surface area contributed by atoms with Crippen molar-refractivity contribution in [1.82, 2.24) is 9.47 Å². The van der Waals surface area contributed by atoms with Crippen LogP contribution in [0, 0.1) is 6.92 Å². The van der Waals surface area contributed by atoms with Gasteiger partial charge in [0, 0.05) is 17.0 Å². The number of rotatable bonds is 3. The lowest BCUT2D eigenvalue weighted by atomic mass is 10.2. The lowest BCUT2D eigenvalue weighted by Gasteiger charge is -2.21. The molecule has 0 bridgehead atoms. The van der Waals surface area contributed by atoms with Crippen molar-refractivity contribution in [2.24, 2.45) is 0 Å². The number of aliphatic carboxylic acids is 1. The highest BCUT2D eigenvalue weighted by atomic mass is 32.2. The molecule has 1 atom stereocenters. The number of hydrogen-bond donors (Lipinski definition) is 1. The summed E-state index contributed by atoms with van der Waals surface area (Å²) in [4.78, 5) is 25.1. The molecule has 110 valence electrons. The number of carboxylic acid groups (broad SMARTS) is 1. The first-order valence-electron chi connectivity index (χ1n) is 6.73. The Bertz CT molecular complexity index is 710. The normalized spacial score (nSPS) is 18.3. The average Bonchev–Trinajstić information content (AvgIpc) is 3.04. The Morgan fingerprint density at radius 3 is 2.90 bits per heavy atom. The Morgan fingerprint density at radius 2 is 2.14 bits per heavy atom. The van der Waals surface area contributed by atoms with Gasteiger partial charge in [0.05, 0.1) is 5.88 Å². The summed E-state index contributed by atoms with van der Waals surface area (Å²) < 4.78 is 1.94. The van der Waals surface area contributed by atoms with E-state index in [0.29, 0.717) is 11.6 Å². The molecule has 0 radical (unpaired) electrons. The Hall–Kier alpha value is -1.95. The molecule has 0 aliphatic carbocycles. The smallest absolute Gasteiger partial charge is 0.327 e. The number of para-hydroxylation sites is 1. The Kier molecular flexibility index (Phi) is 3.63. The van der Waals surface area contributed by atoms with Crippen molar-refractivity contribution in [2.45, 2.75) is 19.5 Å². The lowest BCUT2D eigenvalue weighted by molar-refractivity contribution is -0.147. The summed E-state index contributed by atoms with van der Waals surface area (Å²) in [5, 5.41) is 10.3. The van der Waals surface area contributed by atoms with Crippen LogP contribution in [0.4, 0.5) is 0 Å². The van der Waals surface area contributed by atoms with E-state index in [4.69, 9.17) is 0 Å². The van der Waals surface area contributed by atoms with Gasteiger partial charge in [0.1, 0.15) is 12.6 Å². The maximum absolute atomic E-state index is 12.5. The zero-order valence-electron chi connectivity index (χ0n) is 11.7. The number of aryl methyl sites for hydroxylation is 1. The van der Waals surface area contributed by atoms with Gasteiger partial charge in [-0.25, -0.2) is 4.79 Å². The number of thioether (sulfide) groups is 1. The molecule has 1 amide bonds. The fraction of sp³-hybridized carbons (Fsp3) is 0.333. The molecular formula is C15H16N2O3S. The highest BCUT2D eigenvalue weighted by molar-refractivity contribution is 7.99. The lowest BCUT2D eigenvalue weighted by Crippen LogP contribution is -2.43. The van der Waals surface area contributed by atoms with Crippen LogP contribution in [0.5, 0.6) is 0 Å². The van der Waals surface area contributed by atoms with Gasteiger partial charge in [-0.05, 0) is 24.4 Å². The van der Waals surface area contributed by atoms with Crippen LogP contribution < -0.4 is 0 Å². The molecule has 5 nitrogen and oxygen atoms in total. The van der Waals surface area contributed by atoms with Gasteiger partial charge in [-0.3, -0.25) is 4.79 Å². The maximum atomic E-state index is 12.5. The van der Waals surface area contributed by atoms with E-state index < -0.39 is 12.0 Å². The van der Waals surface area contributed by atoms with Gasteiger partial charge in [-0.1, -0.05) is 18.2 Å². The molecule has 2 aromatic rings. The summed E-state index contributed by atoms with van der Waals surface area (Å²) in [6, 6.07) is 9.22. The van der Waals surface area contributed by atoms with E-state index in [1.807, 2.05) is 41.8 Å². The molecule has 21 heavy (non-hydrogen) atoms. The molecule has 1 fully saturated rings. The Balaban J connectivity index is 1.87. The van der Waals surface area contributed by atoms with Crippen molar-refractivity contribution in [3.05, 3.63) is 36.0 Å². The van der Waals surface area contributed by atoms with Crippen LogP contribution in [-0.4, -0.2) is 44.1 Å². The second-order valence-corrected chi connectivity index (χ2v) is 6.15. The van der Waals surface area contributed by atoms with E-state index in [0.717, 1.165) is 16.6 Å². The molecule has 0 saturated carbocycles. The van der Waals surface area contributed by atoms with Crippen LogP contribution in [-0.2, 0) is 16.1 Å². The maximum Gasteiger partial charge on any atom is 0.327 e. The van der Waals surface area contributed by atoms with Gasteiger partial charge in [0.15, 0.2) is 0 Å². The van der Waals surface area contributed by atoms with E-state index in [2.05, 4.69) is 0 Å². The topological polar surface area (TPSA) is 62.5 Å². The predicted molar refractivity (Wildman–Crippen MR) is 82.3 cm³/mol. The third-order valence-corrected chi connectivity index (χ3v) is 4.81. The van der Waals surface area contributed by atoms with Gasteiger partial charge in [0.2, 0.25) is 5.91 Å². The number of aromatic nitrogens is 1. The van der Waals surface area contributed by atoms with Crippen LogP contribution in [0.1, 0.15) is 5.69 Å². The van der Waals surface area contributed by atoms with Gasteiger partial charge in [0.25, 0.3) is 0 Å². The summed E-state index contributed by atoms with van der Waals surface area (Å²) in [6.07, 6.45) is 0. The van der Waals surface area contributed by atoms with Crippen molar-refractivity contribution in [2.75, 3.05) is 11.6 Å². The van der Waals surface area contributed by atoms with Gasteiger partial charge in [-0.15, -0.1) is 11.8 Å². The van der Waals surface area contributed by atoms with Crippen LogP contribution in [0.15, 0.2) is 30.3 Å². The number of fused-ring (bicyclic) bond motifs is 1. The average molecular weight is 304 g/mol. The highest BCUT2D eigenvalue weighted by Crippen LogP contribution is 2.23. The number of benzene rings is 1. The third-order valence-electron chi connectivity index (χ3n) is 3.80. The summed E-state index contributed by atoms with van der Waals surface area (Å²) >= 11 is 1.48. The van der Waals surface area contributed by atoms with Crippen LogP contribution in [0.25, 0.3) is 10.9 Å². The summed E-state index contributed by atoms with van der Waals surface area (Å²) in [5.74, 6) is -0.153. The first-order chi connectivity index (χ1) is 10.1. The zero-order valence-corrected chi connectivity index (χ0v) is 12.5. The third kappa shape index (κ3) is 2.51.